The van der Waals surface area contributed by atoms with Crippen molar-refractivity contribution in [3.8, 4) is 11.5 Å². The van der Waals surface area contributed by atoms with Crippen LogP contribution in [0.3, 0.4) is 0 Å². The molecule has 0 unspecified atom stereocenters. The van der Waals surface area contributed by atoms with Gasteiger partial charge in [0.2, 0.25) is 10.9 Å². The third-order valence-corrected chi connectivity index (χ3v) is 6.59. The van der Waals surface area contributed by atoms with Gasteiger partial charge in [0.05, 0.1) is 5.92 Å². The largest absolute Gasteiger partial charge is 0.502 e. The van der Waals surface area contributed by atoms with Crippen molar-refractivity contribution in [2.75, 3.05) is 0 Å². The van der Waals surface area contributed by atoms with Crippen LogP contribution in [-0.2, 0) is 9.59 Å². The van der Waals surface area contributed by atoms with Gasteiger partial charge < -0.3 is 19.0 Å². The third kappa shape index (κ3) is 9.67. The average molecular weight is 517 g/mol. The van der Waals surface area contributed by atoms with E-state index in [4.69, 9.17) is 8.83 Å². The fraction of sp³-hybridized carbons (Fsp3) is 0.586. The van der Waals surface area contributed by atoms with Gasteiger partial charge in [-0.05, 0) is 42.9 Å². The van der Waals surface area contributed by atoms with Crippen molar-refractivity contribution in [3.05, 3.63) is 56.6 Å². The molecule has 204 valence electrons. The van der Waals surface area contributed by atoms with Crippen LogP contribution in [0.2, 0.25) is 0 Å². The zero-order valence-corrected chi connectivity index (χ0v) is 22.6. The minimum Gasteiger partial charge on any atom is -0.502 e. The van der Waals surface area contributed by atoms with Gasteiger partial charge in [0.15, 0.2) is 11.5 Å². The second kappa shape index (κ2) is 12.9. The summed E-state index contributed by atoms with van der Waals surface area (Å²) in [4.78, 5) is 48.7. The van der Waals surface area contributed by atoms with Gasteiger partial charge in [0.25, 0.3) is 0 Å². The number of rotatable bonds is 14. The van der Waals surface area contributed by atoms with Crippen LogP contribution in [0.1, 0.15) is 110 Å². The quantitative estimate of drug-likeness (QED) is 0.319. The molecule has 2 aromatic heterocycles. The van der Waals surface area contributed by atoms with E-state index in [9.17, 15) is 29.4 Å². The fourth-order valence-electron chi connectivity index (χ4n) is 4.49. The van der Waals surface area contributed by atoms with Gasteiger partial charge in [0.1, 0.15) is 35.6 Å². The van der Waals surface area contributed by atoms with Crippen LogP contribution in [0, 0.1) is 10.8 Å². The van der Waals surface area contributed by atoms with Gasteiger partial charge >= 0.3 is 0 Å². The second-order valence-electron chi connectivity index (χ2n) is 11.7. The molecule has 8 nitrogen and oxygen atoms in total. The Hall–Kier alpha value is -3.16. The molecule has 2 aromatic rings. The first-order valence-electron chi connectivity index (χ1n) is 12.9. The molecule has 0 aliphatic rings. The topological polar surface area (TPSA) is 135 Å². The summed E-state index contributed by atoms with van der Waals surface area (Å²) >= 11 is 0. The molecular weight excluding hydrogens is 476 g/mol. The predicted octanol–water partition coefficient (Wildman–Crippen LogP) is 5.86. The van der Waals surface area contributed by atoms with E-state index >= 15 is 0 Å². The Morgan fingerprint density at radius 3 is 1.54 bits per heavy atom. The highest BCUT2D eigenvalue weighted by Gasteiger charge is 2.36. The molecule has 0 radical (unpaired) electrons. The lowest BCUT2D eigenvalue weighted by molar-refractivity contribution is -0.120. The van der Waals surface area contributed by atoms with E-state index in [2.05, 4.69) is 20.8 Å². The van der Waals surface area contributed by atoms with Crippen molar-refractivity contribution in [2.45, 2.75) is 98.3 Å². The molecule has 0 spiro atoms. The van der Waals surface area contributed by atoms with E-state index in [1.807, 2.05) is 13.8 Å². The van der Waals surface area contributed by atoms with Crippen LogP contribution in [0.25, 0.3) is 0 Å². The molecule has 0 aromatic carbocycles. The summed E-state index contributed by atoms with van der Waals surface area (Å²) in [6.07, 6.45) is 7.05. The highest BCUT2D eigenvalue weighted by Crippen LogP contribution is 2.44. The van der Waals surface area contributed by atoms with Gasteiger partial charge in [-0.15, -0.1) is 0 Å². The highest BCUT2D eigenvalue weighted by atomic mass is 16.4. The Kier molecular flexibility index (Phi) is 10.5. The first-order valence-corrected chi connectivity index (χ1v) is 12.9. The van der Waals surface area contributed by atoms with Crippen LogP contribution >= 0.6 is 0 Å². The van der Waals surface area contributed by atoms with Gasteiger partial charge in [-0.1, -0.05) is 34.6 Å². The first-order chi connectivity index (χ1) is 17.2. The number of ketones is 2. The fourth-order valence-corrected chi connectivity index (χ4v) is 4.49. The molecule has 0 aliphatic carbocycles. The molecule has 0 fully saturated rings. The van der Waals surface area contributed by atoms with Crippen LogP contribution in [0.4, 0.5) is 0 Å². The molecule has 37 heavy (non-hydrogen) atoms. The summed E-state index contributed by atoms with van der Waals surface area (Å²) in [6.45, 7) is 10.3. The molecule has 0 amide bonds. The minimum atomic E-state index is -0.685. The summed E-state index contributed by atoms with van der Waals surface area (Å²) in [5.41, 5.74) is -1.68. The summed E-state index contributed by atoms with van der Waals surface area (Å²) in [6, 6.07) is 2.30. The maximum atomic E-state index is 12.4. The molecule has 0 aliphatic heterocycles. The van der Waals surface area contributed by atoms with Crippen molar-refractivity contribution in [1.29, 1.82) is 0 Å². The third-order valence-electron chi connectivity index (χ3n) is 6.59. The Morgan fingerprint density at radius 1 is 0.730 bits per heavy atom. The number of hydrogen-bond acceptors (Lipinski definition) is 8. The van der Waals surface area contributed by atoms with Gasteiger partial charge in [-0.3, -0.25) is 19.2 Å². The zero-order valence-electron chi connectivity index (χ0n) is 22.6. The molecule has 2 rings (SSSR count). The van der Waals surface area contributed by atoms with E-state index < -0.39 is 33.7 Å². The zero-order chi connectivity index (χ0) is 27.8. The maximum Gasteiger partial charge on any atom is 0.226 e. The molecule has 0 saturated carbocycles. The van der Waals surface area contributed by atoms with Gasteiger partial charge in [-0.2, -0.15) is 0 Å². The average Bonchev–Trinajstić information content (AvgIpc) is 2.77. The summed E-state index contributed by atoms with van der Waals surface area (Å²) in [7, 11) is 0. The number of Topliss-reactive ketones (excluding diaryl/α,β-unsaturated/α-hetero) is 2. The molecular formula is C29H40O8. The summed E-state index contributed by atoms with van der Waals surface area (Å²) < 4.78 is 11.0. The molecule has 0 atom stereocenters. The molecule has 8 heteroatoms. The number of aromatic hydroxyl groups is 2. The van der Waals surface area contributed by atoms with E-state index in [-0.39, 0.29) is 28.5 Å². The lowest BCUT2D eigenvalue weighted by Gasteiger charge is -2.32. The molecule has 0 bridgehead atoms. The van der Waals surface area contributed by atoms with Crippen LogP contribution < -0.4 is 10.9 Å². The Morgan fingerprint density at radius 2 is 1.14 bits per heavy atom. The van der Waals surface area contributed by atoms with Crippen molar-refractivity contribution < 1.29 is 28.6 Å². The van der Waals surface area contributed by atoms with Gasteiger partial charge in [0, 0.05) is 37.8 Å². The Bertz CT molecular complexity index is 1120. The van der Waals surface area contributed by atoms with E-state index in [0.717, 1.165) is 37.5 Å². The first kappa shape index (κ1) is 30.1. The summed E-state index contributed by atoms with van der Waals surface area (Å²) in [5.74, 6) is -1.09. The SMILES string of the molecule is CC(C)(C)CCCC(=O)CCCC(=O)CCCC(C)(C)C(c1cc(=O)c(O)co1)c1cc(=O)c(O)co1. The summed E-state index contributed by atoms with van der Waals surface area (Å²) in [5, 5.41) is 19.2. The van der Waals surface area contributed by atoms with Crippen molar-refractivity contribution in [2.24, 2.45) is 10.8 Å². The molecule has 2 heterocycles. The number of carbonyl (C=O) groups excluding carboxylic acids is 2. The van der Waals surface area contributed by atoms with Crippen LogP contribution in [-0.4, -0.2) is 21.8 Å². The number of carbonyl (C=O) groups is 2. The Balaban J connectivity index is 1.98. The predicted molar refractivity (Wildman–Crippen MR) is 140 cm³/mol. The smallest absolute Gasteiger partial charge is 0.226 e. The van der Waals surface area contributed by atoms with Crippen molar-refractivity contribution in [1.82, 2.24) is 0 Å². The molecule has 2 N–H and O–H groups in total. The van der Waals surface area contributed by atoms with E-state index in [1.165, 1.54) is 0 Å². The normalized spacial score (nSPS) is 12.2. The Labute approximate surface area is 217 Å². The highest BCUT2D eigenvalue weighted by molar-refractivity contribution is 5.81. The van der Waals surface area contributed by atoms with Crippen molar-refractivity contribution in [3.63, 3.8) is 0 Å². The van der Waals surface area contributed by atoms with E-state index in [0.29, 0.717) is 44.9 Å². The van der Waals surface area contributed by atoms with Crippen LogP contribution in [0.5, 0.6) is 11.5 Å². The second-order valence-corrected chi connectivity index (χ2v) is 11.7. The number of hydrogen-bond donors (Lipinski definition) is 2. The maximum absolute atomic E-state index is 12.4. The standard InChI is InChI=1S/C29H40O8/c1-28(2,3)13-7-11-19(30)9-6-10-20(31)12-8-14-29(4,5)27(25-15-21(32)23(34)17-36-25)26-16-22(33)24(35)18-37-26/h15-18,27,34-35H,6-14H2,1-5H3. The monoisotopic (exact) mass is 516 g/mol. The lowest BCUT2D eigenvalue weighted by atomic mass is 9.72. The molecule has 0 saturated heterocycles. The lowest BCUT2D eigenvalue weighted by Crippen LogP contribution is -2.25. The minimum absolute atomic E-state index is 0.0853. The van der Waals surface area contributed by atoms with Crippen molar-refractivity contribution >= 4 is 11.6 Å². The van der Waals surface area contributed by atoms with Crippen LogP contribution in [0.15, 0.2) is 43.1 Å². The van der Waals surface area contributed by atoms with E-state index in [1.54, 1.807) is 0 Å². The van der Waals surface area contributed by atoms with Gasteiger partial charge in [-0.25, -0.2) is 0 Å².